The first-order valence-corrected chi connectivity index (χ1v) is 8.45. The molecule has 0 saturated carbocycles. The van der Waals surface area contributed by atoms with Gasteiger partial charge in [0, 0.05) is 16.4 Å². The highest BCUT2D eigenvalue weighted by molar-refractivity contribution is 9.10. The second-order valence-electron chi connectivity index (χ2n) is 4.24. The topological polar surface area (TPSA) is 71.1 Å². The molecule has 2 amide bonds. The highest BCUT2D eigenvalue weighted by Crippen LogP contribution is 2.27. The molecule has 0 saturated heterocycles. The Balaban J connectivity index is 1.80. The number of aromatic nitrogens is 1. The Labute approximate surface area is 131 Å². The molecule has 3 heterocycles. The van der Waals surface area contributed by atoms with E-state index in [0.29, 0.717) is 21.4 Å². The van der Waals surface area contributed by atoms with E-state index in [0.717, 1.165) is 23.0 Å². The molecule has 0 aromatic carbocycles. The third-order valence-corrected chi connectivity index (χ3v) is 5.49. The summed E-state index contributed by atoms with van der Waals surface area (Å²) in [6.07, 6.45) is 1.62. The van der Waals surface area contributed by atoms with Gasteiger partial charge >= 0.3 is 0 Å². The summed E-state index contributed by atoms with van der Waals surface area (Å²) in [5.74, 6) is -0.306. The molecular formula is C12H10BrN3O2S2. The lowest BCUT2D eigenvalue weighted by Gasteiger charge is -1.99. The number of nitrogens with one attached hydrogen (secondary N) is 2. The van der Waals surface area contributed by atoms with Crippen LogP contribution in [0.25, 0.3) is 0 Å². The lowest BCUT2D eigenvalue weighted by molar-refractivity contribution is 0.0959. The van der Waals surface area contributed by atoms with Crippen molar-refractivity contribution in [2.24, 2.45) is 0 Å². The summed E-state index contributed by atoms with van der Waals surface area (Å²) < 4.78 is 0.877. The number of hydrogen-bond acceptors (Lipinski definition) is 5. The van der Waals surface area contributed by atoms with Crippen LogP contribution in [0.4, 0.5) is 5.13 Å². The number of fused-ring (bicyclic) bond motifs is 1. The Morgan fingerprint density at radius 3 is 3.10 bits per heavy atom. The minimum absolute atomic E-state index is 0.102. The molecule has 0 bridgehead atoms. The van der Waals surface area contributed by atoms with Gasteiger partial charge in [-0.3, -0.25) is 14.9 Å². The molecule has 1 aliphatic heterocycles. The first-order chi connectivity index (χ1) is 9.63. The number of anilines is 1. The van der Waals surface area contributed by atoms with Crippen molar-refractivity contribution in [3.05, 3.63) is 31.4 Å². The van der Waals surface area contributed by atoms with Crippen LogP contribution < -0.4 is 10.6 Å². The summed E-state index contributed by atoms with van der Waals surface area (Å²) in [6, 6.07) is 1.76. The van der Waals surface area contributed by atoms with Gasteiger partial charge in [0.25, 0.3) is 11.8 Å². The van der Waals surface area contributed by atoms with E-state index in [1.807, 2.05) is 5.38 Å². The second-order valence-corrected chi connectivity index (χ2v) is 7.06. The van der Waals surface area contributed by atoms with E-state index < -0.39 is 0 Å². The van der Waals surface area contributed by atoms with Gasteiger partial charge in [-0.15, -0.1) is 11.3 Å². The molecule has 0 unspecified atom stereocenters. The molecular weight excluding hydrogens is 362 g/mol. The van der Waals surface area contributed by atoms with Gasteiger partial charge in [-0.25, -0.2) is 4.98 Å². The van der Waals surface area contributed by atoms with Gasteiger partial charge < -0.3 is 5.32 Å². The van der Waals surface area contributed by atoms with Crippen LogP contribution in [0, 0.1) is 0 Å². The van der Waals surface area contributed by atoms with Crippen molar-refractivity contribution in [3.8, 4) is 0 Å². The van der Waals surface area contributed by atoms with Crippen LogP contribution >= 0.6 is 38.6 Å². The largest absolute Gasteiger partial charge is 0.351 e. The predicted molar refractivity (Wildman–Crippen MR) is 82.7 cm³/mol. The summed E-state index contributed by atoms with van der Waals surface area (Å²) in [5, 5.41) is 7.89. The van der Waals surface area contributed by atoms with Crippen LogP contribution in [-0.2, 0) is 6.42 Å². The number of nitrogens with zero attached hydrogens (tertiary/aromatic N) is 1. The molecule has 8 heteroatoms. The maximum atomic E-state index is 12.0. The van der Waals surface area contributed by atoms with E-state index in [9.17, 15) is 9.59 Å². The molecule has 5 nitrogen and oxygen atoms in total. The Kier molecular flexibility index (Phi) is 3.86. The molecule has 0 spiro atoms. The van der Waals surface area contributed by atoms with Crippen molar-refractivity contribution in [1.82, 2.24) is 10.3 Å². The number of rotatable bonds is 2. The minimum Gasteiger partial charge on any atom is -0.351 e. The first kappa shape index (κ1) is 13.7. The van der Waals surface area contributed by atoms with Crippen LogP contribution in [0.15, 0.2) is 15.9 Å². The zero-order valence-electron chi connectivity index (χ0n) is 10.2. The maximum Gasteiger partial charge on any atom is 0.267 e. The van der Waals surface area contributed by atoms with Gasteiger partial charge in [0.05, 0.1) is 10.6 Å². The number of thiophene rings is 1. The summed E-state index contributed by atoms with van der Waals surface area (Å²) in [6.45, 7) is 0.673. The molecule has 0 fully saturated rings. The van der Waals surface area contributed by atoms with Crippen molar-refractivity contribution in [2.45, 2.75) is 12.8 Å². The molecule has 104 valence electrons. The van der Waals surface area contributed by atoms with Crippen LogP contribution in [0.2, 0.25) is 0 Å². The molecule has 2 aromatic heterocycles. The van der Waals surface area contributed by atoms with Crippen LogP contribution in [0.5, 0.6) is 0 Å². The fraction of sp³-hybridized carbons (Fsp3) is 0.250. The number of carbonyl (C=O) groups excluding carboxylic acids is 2. The fourth-order valence-corrected chi connectivity index (χ4v) is 4.13. The molecule has 20 heavy (non-hydrogen) atoms. The molecule has 2 aromatic rings. The number of amides is 2. The van der Waals surface area contributed by atoms with Crippen molar-refractivity contribution < 1.29 is 9.59 Å². The van der Waals surface area contributed by atoms with Crippen molar-refractivity contribution in [2.75, 3.05) is 11.9 Å². The van der Waals surface area contributed by atoms with Crippen LogP contribution in [-0.4, -0.2) is 23.3 Å². The SMILES string of the molecule is O=C(Nc1nc2c(s1)C(=O)NCCC2)c1cc(Br)cs1. The molecule has 3 rings (SSSR count). The molecule has 1 aliphatic rings. The molecule has 2 N–H and O–H groups in total. The number of thiazole rings is 1. The third-order valence-electron chi connectivity index (χ3n) is 2.79. The average molecular weight is 372 g/mol. The van der Waals surface area contributed by atoms with Crippen LogP contribution in [0.1, 0.15) is 31.5 Å². The van der Waals surface area contributed by atoms with E-state index in [4.69, 9.17) is 0 Å². The Hall–Kier alpha value is -1.25. The van der Waals surface area contributed by atoms with Gasteiger partial charge in [0.1, 0.15) is 4.88 Å². The lowest BCUT2D eigenvalue weighted by Crippen LogP contribution is -2.21. The molecule has 0 aliphatic carbocycles. The van der Waals surface area contributed by atoms with Crippen molar-refractivity contribution in [1.29, 1.82) is 0 Å². The Bertz CT molecular complexity index is 680. The van der Waals surface area contributed by atoms with Gasteiger partial charge in [0.15, 0.2) is 5.13 Å². The molecule has 0 radical (unpaired) electrons. The van der Waals surface area contributed by atoms with Gasteiger partial charge in [-0.1, -0.05) is 11.3 Å². The number of hydrogen-bond donors (Lipinski definition) is 2. The van der Waals surface area contributed by atoms with E-state index >= 15 is 0 Å². The number of halogens is 1. The standard InChI is InChI=1S/C12H10BrN3O2S2/c13-6-4-8(19-5-6)10(17)16-12-15-7-2-1-3-14-11(18)9(7)20-12/h4-5H,1-3H2,(H,14,18)(H,15,16,17). The number of carbonyl (C=O) groups is 2. The normalized spacial score (nSPS) is 14.3. The van der Waals surface area contributed by atoms with Gasteiger partial charge in [0.2, 0.25) is 0 Å². The van der Waals surface area contributed by atoms with Gasteiger partial charge in [-0.05, 0) is 34.8 Å². The maximum absolute atomic E-state index is 12.0. The van der Waals surface area contributed by atoms with E-state index in [2.05, 4.69) is 31.5 Å². The smallest absolute Gasteiger partial charge is 0.267 e. The lowest BCUT2D eigenvalue weighted by atomic mass is 10.2. The summed E-state index contributed by atoms with van der Waals surface area (Å²) >= 11 is 5.89. The summed E-state index contributed by atoms with van der Waals surface area (Å²) in [7, 11) is 0. The first-order valence-electron chi connectivity index (χ1n) is 5.97. The van der Waals surface area contributed by atoms with Crippen molar-refractivity contribution in [3.63, 3.8) is 0 Å². The van der Waals surface area contributed by atoms with E-state index in [-0.39, 0.29) is 11.8 Å². The predicted octanol–water partition coefficient (Wildman–Crippen LogP) is 2.90. The van der Waals surface area contributed by atoms with Crippen molar-refractivity contribution >= 4 is 55.5 Å². The average Bonchev–Trinajstić information content (AvgIpc) is 2.97. The quantitative estimate of drug-likeness (QED) is 0.852. The van der Waals surface area contributed by atoms with E-state index in [1.54, 1.807) is 6.07 Å². The van der Waals surface area contributed by atoms with Gasteiger partial charge in [-0.2, -0.15) is 0 Å². The monoisotopic (exact) mass is 371 g/mol. The number of aryl methyl sites for hydroxylation is 1. The van der Waals surface area contributed by atoms with Crippen LogP contribution in [0.3, 0.4) is 0 Å². The Morgan fingerprint density at radius 2 is 2.35 bits per heavy atom. The zero-order valence-corrected chi connectivity index (χ0v) is 13.5. The van der Waals surface area contributed by atoms with E-state index in [1.165, 1.54) is 22.7 Å². The zero-order chi connectivity index (χ0) is 14.1. The third kappa shape index (κ3) is 2.77. The summed E-state index contributed by atoms with van der Waals surface area (Å²) in [5.41, 5.74) is 0.771. The summed E-state index contributed by atoms with van der Waals surface area (Å²) in [4.78, 5) is 29.4. The minimum atomic E-state index is -0.204. The highest BCUT2D eigenvalue weighted by Gasteiger charge is 2.21. The highest BCUT2D eigenvalue weighted by atomic mass is 79.9. The second kappa shape index (κ2) is 5.63. The Morgan fingerprint density at radius 1 is 1.50 bits per heavy atom. The molecule has 0 atom stereocenters. The fourth-order valence-electron chi connectivity index (χ4n) is 1.88.